The zero-order valence-electron chi connectivity index (χ0n) is 11.7. The molecule has 1 aromatic heterocycles. The van der Waals surface area contributed by atoms with Gasteiger partial charge in [0.25, 0.3) is 5.91 Å². The first-order chi connectivity index (χ1) is 9.52. The average molecular weight is 275 g/mol. The van der Waals surface area contributed by atoms with Crippen molar-refractivity contribution in [1.29, 1.82) is 0 Å². The van der Waals surface area contributed by atoms with Gasteiger partial charge in [0.05, 0.1) is 7.11 Å². The van der Waals surface area contributed by atoms with E-state index >= 15 is 0 Å². The summed E-state index contributed by atoms with van der Waals surface area (Å²) in [4.78, 5) is 23.8. The number of methoxy groups -OCH3 is 1. The fourth-order valence-electron chi connectivity index (χ4n) is 1.93. The maximum Gasteiger partial charge on any atom is 0.328 e. The van der Waals surface area contributed by atoms with Crippen molar-refractivity contribution in [1.82, 2.24) is 5.32 Å². The monoisotopic (exact) mass is 275 g/mol. The number of carbonyl (C=O) groups excluding carboxylic acids is 2. The standard InChI is InChI=1S/C15H17NO4/c1-9(2)13(15(18)19-3)16-14(17)12-8-10-6-4-5-7-11(10)20-12/h4-9,13H,1-3H3,(H,16,17). The van der Waals surface area contributed by atoms with Crippen LogP contribution < -0.4 is 5.32 Å². The summed E-state index contributed by atoms with van der Waals surface area (Å²) < 4.78 is 10.1. The molecule has 0 fully saturated rings. The van der Waals surface area contributed by atoms with Gasteiger partial charge in [0, 0.05) is 5.39 Å². The number of hydrogen-bond acceptors (Lipinski definition) is 4. The maximum atomic E-state index is 12.1. The molecule has 0 saturated carbocycles. The Bertz CT molecular complexity index is 597. The number of nitrogens with one attached hydrogen (secondary N) is 1. The van der Waals surface area contributed by atoms with Crippen LogP contribution in [0.25, 0.3) is 11.0 Å². The van der Waals surface area contributed by atoms with E-state index in [4.69, 9.17) is 4.42 Å². The minimum Gasteiger partial charge on any atom is -0.467 e. The first kappa shape index (κ1) is 14.1. The molecule has 1 aromatic carbocycles. The lowest BCUT2D eigenvalue weighted by Gasteiger charge is -2.18. The Morgan fingerprint density at radius 3 is 2.55 bits per heavy atom. The van der Waals surface area contributed by atoms with Gasteiger partial charge in [0.2, 0.25) is 0 Å². The van der Waals surface area contributed by atoms with Crippen molar-refractivity contribution in [2.45, 2.75) is 19.9 Å². The third-order valence-corrected chi connectivity index (χ3v) is 3.06. The summed E-state index contributed by atoms with van der Waals surface area (Å²) in [6.45, 7) is 3.67. The van der Waals surface area contributed by atoms with Crippen LogP contribution in [0.5, 0.6) is 0 Å². The first-order valence-electron chi connectivity index (χ1n) is 6.40. The number of rotatable bonds is 4. The van der Waals surface area contributed by atoms with Crippen molar-refractivity contribution in [2.75, 3.05) is 7.11 Å². The largest absolute Gasteiger partial charge is 0.467 e. The van der Waals surface area contributed by atoms with E-state index in [1.54, 1.807) is 12.1 Å². The van der Waals surface area contributed by atoms with Crippen LogP contribution >= 0.6 is 0 Å². The summed E-state index contributed by atoms with van der Waals surface area (Å²) in [7, 11) is 1.30. The van der Waals surface area contributed by atoms with Gasteiger partial charge in [-0.15, -0.1) is 0 Å². The fraction of sp³-hybridized carbons (Fsp3) is 0.333. The number of para-hydroxylation sites is 1. The van der Waals surface area contributed by atoms with Gasteiger partial charge in [-0.2, -0.15) is 0 Å². The molecule has 0 saturated heterocycles. The quantitative estimate of drug-likeness (QED) is 0.870. The predicted molar refractivity (Wildman–Crippen MR) is 74.3 cm³/mol. The van der Waals surface area contributed by atoms with Crippen LogP contribution in [-0.4, -0.2) is 25.0 Å². The van der Waals surface area contributed by atoms with Crippen LogP contribution in [0.2, 0.25) is 0 Å². The third kappa shape index (κ3) is 2.82. The Hall–Kier alpha value is -2.30. The van der Waals surface area contributed by atoms with Crippen LogP contribution in [-0.2, 0) is 9.53 Å². The number of hydrogen-bond donors (Lipinski definition) is 1. The highest BCUT2D eigenvalue weighted by Crippen LogP contribution is 2.19. The molecule has 1 amide bonds. The van der Waals surface area contributed by atoms with E-state index in [1.807, 2.05) is 32.0 Å². The highest BCUT2D eigenvalue weighted by molar-refractivity contribution is 5.98. The first-order valence-corrected chi connectivity index (χ1v) is 6.40. The highest BCUT2D eigenvalue weighted by atomic mass is 16.5. The normalized spacial score (nSPS) is 12.4. The van der Waals surface area contributed by atoms with Crippen molar-refractivity contribution in [3.8, 4) is 0 Å². The van der Waals surface area contributed by atoms with E-state index in [0.29, 0.717) is 5.58 Å². The second-order valence-electron chi connectivity index (χ2n) is 4.87. The van der Waals surface area contributed by atoms with E-state index in [9.17, 15) is 9.59 Å². The van der Waals surface area contributed by atoms with Gasteiger partial charge in [0.1, 0.15) is 11.6 Å². The van der Waals surface area contributed by atoms with Crippen molar-refractivity contribution in [2.24, 2.45) is 5.92 Å². The summed E-state index contributed by atoms with van der Waals surface area (Å²) in [6.07, 6.45) is 0. The molecule has 1 N–H and O–H groups in total. The van der Waals surface area contributed by atoms with Crippen molar-refractivity contribution in [3.05, 3.63) is 36.1 Å². The van der Waals surface area contributed by atoms with Gasteiger partial charge < -0.3 is 14.5 Å². The van der Waals surface area contributed by atoms with Crippen molar-refractivity contribution in [3.63, 3.8) is 0 Å². The summed E-state index contributed by atoms with van der Waals surface area (Å²) in [5.41, 5.74) is 0.636. The van der Waals surface area contributed by atoms with Crippen molar-refractivity contribution >= 4 is 22.8 Å². The molecule has 5 heteroatoms. The van der Waals surface area contributed by atoms with Crippen LogP contribution in [0.15, 0.2) is 34.7 Å². The Morgan fingerprint density at radius 1 is 1.25 bits per heavy atom. The number of fused-ring (bicyclic) bond motifs is 1. The molecule has 0 aliphatic heterocycles. The molecule has 1 unspecified atom stereocenters. The number of furan rings is 1. The number of amides is 1. The minimum atomic E-state index is -0.694. The molecule has 0 aliphatic rings. The molecule has 1 atom stereocenters. The zero-order valence-corrected chi connectivity index (χ0v) is 11.7. The SMILES string of the molecule is COC(=O)C(NC(=O)c1cc2ccccc2o1)C(C)C. The second kappa shape index (κ2) is 5.77. The molecule has 2 aromatic rings. The lowest BCUT2D eigenvalue weighted by atomic mass is 10.0. The van der Waals surface area contributed by atoms with E-state index in [2.05, 4.69) is 10.1 Å². The number of benzene rings is 1. The van der Waals surface area contributed by atoms with Crippen molar-refractivity contribution < 1.29 is 18.7 Å². The number of esters is 1. The molecule has 0 radical (unpaired) electrons. The van der Waals surface area contributed by atoms with Crippen LogP contribution in [0, 0.1) is 5.92 Å². The van der Waals surface area contributed by atoms with Gasteiger partial charge >= 0.3 is 5.97 Å². The van der Waals surface area contributed by atoms with Gasteiger partial charge in [-0.05, 0) is 18.1 Å². The van der Waals surface area contributed by atoms with Gasteiger partial charge in [0.15, 0.2) is 5.76 Å². The summed E-state index contributed by atoms with van der Waals surface area (Å²) in [5.74, 6) is -0.786. The van der Waals surface area contributed by atoms with Crippen LogP contribution in [0.4, 0.5) is 0 Å². The minimum absolute atomic E-state index is 0.0734. The summed E-state index contributed by atoms with van der Waals surface area (Å²) in [5, 5.41) is 3.48. The lowest BCUT2D eigenvalue weighted by Crippen LogP contribution is -2.44. The molecule has 0 bridgehead atoms. The van der Waals surface area contributed by atoms with Crippen LogP contribution in [0.1, 0.15) is 24.4 Å². The van der Waals surface area contributed by atoms with Crippen LogP contribution in [0.3, 0.4) is 0 Å². The third-order valence-electron chi connectivity index (χ3n) is 3.06. The Morgan fingerprint density at radius 2 is 1.95 bits per heavy atom. The lowest BCUT2D eigenvalue weighted by molar-refractivity contribution is -0.144. The molecule has 20 heavy (non-hydrogen) atoms. The van der Waals surface area contributed by atoms with Gasteiger partial charge in [-0.25, -0.2) is 4.79 Å². The average Bonchev–Trinajstić information content (AvgIpc) is 2.87. The Labute approximate surface area is 116 Å². The Balaban J connectivity index is 2.20. The predicted octanol–water partition coefficient (Wildman–Crippen LogP) is 2.36. The molecular weight excluding hydrogens is 258 g/mol. The molecule has 0 spiro atoms. The molecule has 0 aliphatic carbocycles. The topological polar surface area (TPSA) is 68.5 Å². The Kier molecular flexibility index (Phi) is 4.08. The summed E-state index contributed by atoms with van der Waals surface area (Å²) >= 11 is 0. The summed E-state index contributed by atoms with van der Waals surface area (Å²) in [6, 6.07) is 8.30. The second-order valence-corrected chi connectivity index (χ2v) is 4.87. The van der Waals surface area contributed by atoms with Gasteiger partial charge in [-0.3, -0.25) is 4.79 Å². The van der Waals surface area contributed by atoms with E-state index in [-0.39, 0.29) is 11.7 Å². The molecule has 106 valence electrons. The molecule has 2 rings (SSSR count). The zero-order chi connectivity index (χ0) is 14.7. The number of ether oxygens (including phenoxy) is 1. The maximum absolute atomic E-state index is 12.1. The molecule has 5 nitrogen and oxygen atoms in total. The van der Waals surface area contributed by atoms with E-state index < -0.39 is 17.9 Å². The smallest absolute Gasteiger partial charge is 0.328 e. The van der Waals surface area contributed by atoms with E-state index in [0.717, 1.165) is 5.39 Å². The van der Waals surface area contributed by atoms with Gasteiger partial charge in [-0.1, -0.05) is 32.0 Å². The molecular formula is C15H17NO4. The number of carbonyl (C=O) groups is 2. The fourth-order valence-corrected chi connectivity index (χ4v) is 1.93. The van der Waals surface area contributed by atoms with E-state index in [1.165, 1.54) is 7.11 Å². The highest BCUT2D eigenvalue weighted by Gasteiger charge is 2.26. The molecule has 1 heterocycles.